The van der Waals surface area contributed by atoms with E-state index in [0.717, 1.165) is 63.5 Å². The summed E-state index contributed by atoms with van der Waals surface area (Å²) in [6.45, 7) is 4.45. The van der Waals surface area contributed by atoms with E-state index in [-0.39, 0.29) is 52.1 Å². The second kappa shape index (κ2) is 11.6. The predicted molar refractivity (Wildman–Crippen MR) is 157 cm³/mol. The van der Waals surface area contributed by atoms with E-state index in [2.05, 4.69) is 29.5 Å². The summed E-state index contributed by atoms with van der Waals surface area (Å²) in [5, 5.41) is 5.90. The number of carbonyl (C=O) groups excluding carboxylic acids is 4. The highest BCUT2D eigenvalue weighted by atomic mass is 19.4. The molecular weight excluding hydrogens is 591 g/mol. The molecular formula is C32H40F3N5O5. The fourth-order valence-electron chi connectivity index (χ4n) is 7.86. The van der Waals surface area contributed by atoms with E-state index in [1.165, 1.54) is 6.07 Å². The van der Waals surface area contributed by atoms with E-state index in [1.807, 2.05) is 0 Å². The molecule has 0 spiro atoms. The van der Waals surface area contributed by atoms with Gasteiger partial charge in [0.05, 0.1) is 11.6 Å². The number of aromatic nitrogens is 1. The molecule has 1 aliphatic heterocycles. The number of benzene rings is 1. The Morgan fingerprint density at radius 3 is 2.42 bits per heavy atom. The van der Waals surface area contributed by atoms with Crippen LogP contribution in [0.3, 0.4) is 0 Å². The van der Waals surface area contributed by atoms with Gasteiger partial charge < -0.3 is 25.7 Å². The number of Topliss-reactive ketones (excluding diaryl/α,β-unsaturated/α-hetero) is 1. The van der Waals surface area contributed by atoms with Crippen molar-refractivity contribution in [2.75, 3.05) is 11.9 Å². The third kappa shape index (κ3) is 6.02. The molecule has 45 heavy (non-hydrogen) atoms. The maximum Gasteiger partial charge on any atom is 0.416 e. The first-order valence-corrected chi connectivity index (χ1v) is 15.9. The third-order valence-corrected chi connectivity index (χ3v) is 10.8. The highest BCUT2D eigenvalue weighted by Crippen LogP contribution is 2.65. The predicted octanol–water partition coefficient (Wildman–Crippen LogP) is 4.42. The fraction of sp³-hybridized carbons (Fsp3) is 0.656. The number of alkyl halides is 3. The molecule has 4 N–H and O–H groups in total. The number of rotatable bonds is 10. The van der Waals surface area contributed by atoms with Crippen LogP contribution >= 0.6 is 0 Å². The first kappa shape index (κ1) is 31.3. The molecule has 3 saturated carbocycles. The summed E-state index contributed by atoms with van der Waals surface area (Å²) in [6, 6.07) is 0.243. The number of likely N-dealkylation sites (tertiary alicyclic amines) is 1. The number of anilines is 1. The average Bonchev–Trinajstić information content (AvgIpc) is 3.32. The second-order valence-corrected chi connectivity index (χ2v) is 13.9. The van der Waals surface area contributed by atoms with Crippen molar-refractivity contribution in [3.05, 3.63) is 23.8 Å². The van der Waals surface area contributed by atoms with Crippen LogP contribution in [0.15, 0.2) is 22.6 Å². The Bertz CT molecular complexity index is 1500. The van der Waals surface area contributed by atoms with Crippen LogP contribution in [0.1, 0.15) is 77.2 Å². The number of hydrogen-bond acceptors (Lipinski definition) is 7. The van der Waals surface area contributed by atoms with Gasteiger partial charge in [0.25, 0.3) is 11.9 Å². The normalized spacial score (nSPS) is 26.1. The monoisotopic (exact) mass is 631 g/mol. The Labute approximate surface area is 259 Å². The van der Waals surface area contributed by atoms with Gasteiger partial charge in [0.15, 0.2) is 5.58 Å². The van der Waals surface area contributed by atoms with E-state index in [9.17, 15) is 32.3 Å². The minimum absolute atomic E-state index is 0.0141. The molecule has 3 unspecified atom stereocenters. The highest BCUT2D eigenvalue weighted by Gasteiger charge is 2.69. The number of oxazole rings is 1. The van der Waals surface area contributed by atoms with Gasteiger partial charge >= 0.3 is 6.18 Å². The van der Waals surface area contributed by atoms with Crippen LogP contribution < -0.4 is 16.4 Å². The van der Waals surface area contributed by atoms with Crippen molar-refractivity contribution in [1.29, 1.82) is 0 Å². The number of ketones is 1. The number of nitrogens with one attached hydrogen (secondary N) is 2. The van der Waals surface area contributed by atoms with Crippen molar-refractivity contribution in [2.45, 2.75) is 95.9 Å². The van der Waals surface area contributed by atoms with Crippen LogP contribution in [0.4, 0.5) is 19.2 Å². The van der Waals surface area contributed by atoms with Gasteiger partial charge in [-0.05, 0) is 66.5 Å². The maximum absolute atomic E-state index is 14.4. The molecule has 0 bridgehead atoms. The first-order valence-electron chi connectivity index (χ1n) is 15.9. The molecule has 3 amide bonds. The first-order chi connectivity index (χ1) is 21.3. The summed E-state index contributed by atoms with van der Waals surface area (Å²) < 4.78 is 45.6. The van der Waals surface area contributed by atoms with Crippen LogP contribution in [0, 0.1) is 29.1 Å². The van der Waals surface area contributed by atoms with E-state index in [0.29, 0.717) is 13.0 Å². The fourth-order valence-corrected chi connectivity index (χ4v) is 7.86. The molecule has 4 aliphatic rings. The van der Waals surface area contributed by atoms with Crippen molar-refractivity contribution in [1.82, 2.24) is 15.2 Å². The average molecular weight is 632 g/mol. The van der Waals surface area contributed by atoms with Crippen LogP contribution in [-0.4, -0.2) is 58.1 Å². The maximum atomic E-state index is 14.4. The van der Waals surface area contributed by atoms with Crippen LogP contribution in [0.25, 0.3) is 11.1 Å². The Hall–Kier alpha value is -3.64. The van der Waals surface area contributed by atoms with E-state index in [4.69, 9.17) is 10.2 Å². The number of nitrogens with two attached hydrogens (primary N) is 1. The number of amides is 3. The van der Waals surface area contributed by atoms with Gasteiger partial charge in [0, 0.05) is 6.54 Å². The standard InChI is InChI=1S/C32H40F3N5O5/c1-31(2)19-15-40(25(23(19)31)28(43)37-21(26(41)27(36)42)13-16-7-6-8-16)29(44)24(17-9-4-3-5-10-17)39-30-38-20-14-18(32(33,34)35)11-12-22(20)45-30/h11-12,14,16-17,19,21,23-25H,3-10,13,15H2,1-2H3,(H2,36,42)(H,37,43)(H,38,39)/t19?,21?,23?,24-,25-/m0/s1. The van der Waals surface area contributed by atoms with Crippen LogP contribution in [0.5, 0.6) is 0 Å². The Kier molecular flexibility index (Phi) is 8.09. The van der Waals surface area contributed by atoms with Crippen molar-refractivity contribution in [2.24, 2.45) is 34.8 Å². The number of piperidine rings is 1. The molecule has 1 aromatic heterocycles. The van der Waals surface area contributed by atoms with Gasteiger partial charge in [0.2, 0.25) is 17.6 Å². The van der Waals surface area contributed by atoms with Crippen LogP contribution in [-0.2, 0) is 25.4 Å². The SMILES string of the molecule is CC1(C)C2CN(C(=O)[C@@H](Nc3nc4cc(C(F)(F)F)ccc4o3)C3CCCCC3)[C@H](C(=O)NC(CC3CCC3)C(=O)C(N)=O)C21. The molecule has 10 nitrogen and oxygen atoms in total. The number of carbonyl (C=O) groups is 4. The summed E-state index contributed by atoms with van der Waals surface area (Å²) in [5.41, 5.74) is 4.44. The molecule has 5 atom stereocenters. The second-order valence-electron chi connectivity index (χ2n) is 13.9. The number of nitrogens with zero attached hydrogens (tertiary/aromatic N) is 2. The Morgan fingerprint density at radius 2 is 1.80 bits per heavy atom. The molecule has 1 saturated heterocycles. The lowest BCUT2D eigenvalue weighted by Gasteiger charge is -2.37. The Morgan fingerprint density at radius 1 is 1.09 bits per heavy atom. The van der Waals surface area contributed by atoms with Crippen molar-refractivity contribution < 1.29 is 36.8 Å². The molecule has 13 heteroatoms. The van der Waals surface area contributed by atoms with Gasteiger partial charge in [-0.1, -0.05) is 52.4 Å². The lowest BCUT2D eigenvalue weighted by molar-refractivity contribution is -0.144. The van der Waals surface area contributed by atoms with E-state index < -0.39 is 47.5 Å². The Balaban J connectivity index is 1.26. The largest absolute Gasteiger partial charge is 0.424 e. The van der Waals surface area contributed by atoms with Gasteiger partial charge in [-0.3, -0.25) is 19.2 Å². The molecule has 6 rings (SSSR count). The van der Waals surface area contributed by atoms with Gasteiger partial charge in [-0.2, -0.15) is 18.2 Å². The summed E-state index contributed by atoms with van der Waals surface area (Å²) in [6.07, 6.45) is 2.99. The highest BCUT2D eigenvalue weighted by molar-refractivity contribution is 6.37. The molecule has 4 fully saturated rings. The molecule has 2 aromatic rings. The van der Waals surface area contributed by atoms with Crippen molar-refractivity contribution in [3.63, 3.8) is 0 Å². The summed E-state index contributed by atoms with van der Waals surface area (Å²) in [7, 11) is 0. The zero-order chi connectivity index (χ0) is 32.3. The number of halogens is 3. The quantitative estimate of drug-likeness (QED) is 0.329. The molecule has 0 radical (unpaired) electrons. The lowest BCUT2D eigenvalue weighted by Crippen LogP contribution is -2.58. The molecule has 2 heterocycles. The van der Waals surface area contributed by atoms with Crippen molar-refractivity contribution in [3.8, 4) is 0 Å². The topological polar surface area (TPSA) is 148 Å². The third-order valence-electron chi connectivity index (χ3n) is 10.8. The number of hydrogen-bond donors (Lipinski definition) is 3. The number of primary amides is 1. The summed E-state index contributed by atoms with van der Waals surface area (Å²) >= 11 is 0. The number of fused-ring (bicyclic) bond motifs is 2. The molecule has 244 valence electrons. The van der Waals surface area contributed by atoms with Gasteiger partial charge in [-0.15, -0.1) is 0 Å². The van der Waals surface area contributed by atoms with E-state index in [1.54, 1.807) is 4.90 Å². The zero-order valence-electron chi connectivity index (χ0n) is 25.5. The van der Waals surface area contributed by atoms with Crippen molar-refractivity contribution >= 4 is 40.6 Å². The smallest absolute Gasteiger partial charge is 0.416 e. The zero-order valence-corrected chi connectivity index (χ0v) is 25.5. The van der Waals surface area contributed by atoms with Gasteiger partial charge in [-0.25, -0.2) is 0 Å². The summed E-state index contributed by atoms with van der Waals surface area (Å²) in [5.74, 6) is -2.70. The van der Waals surface area contributed by atoms with Gasteiger partial charge in [0.1, 0.15) is 17.6 Å². The minimum atomic E-state index is -4.54. The molecule has 1 aromatic carbocycles. The van der Waals surface area contributed by atoms with E-state index >= 15 is 0 Å². The summed E-state index contributed by atoms with van der Waals surface area (Å²) in [4.78, 5) is 58.7. The molecule has 3 aliphatic carbocycles. The lowest BCUT2D eigenvalue weighted by atomic mass is 9.80. The minimum Gasteiger partial charge on any atom is -0.424 e. The van der Waals surface area contributed by atoms with Crippen LogP contribution in [0.2, 0.25) is 0 Å².